The molecule has 1 amide bonds. The van der Waals surface area contributed by atoms with Gasteiger partial charge >= 0.3 is 0 Å². The lowest BCUT2D eigenvalue weighted by atomic mass is 10.1. The van der Waals surface area contributed by atoms with Crippen molar-refractivity contribution < 1.29 is 9.53 Å². The van der Waals surface area contributed by atoms with Gasteiger partial charge in [0.15, 0.2) is 5.13 Å². The van der Waals surface area contributed by atoms with Gasteiger partial charge in [-0.1, -0.05) is 41.7 Å². The van der Waals surface area contributed by atoms with Crippen molar-refractivity contribution >= 4 is 32.6 Å². The molecular formula is C28H23N3O2S. The van der Waals surface area contributed by atoms with Crippen LogP contribution in [0.15, 0.2) is 91.3 Å². The Morgan fingerprint density at radius 1 is 0.941 bits per heavy atom. The lowest BCUT2D eigenvalue weighted by Gasteiger charge is -2.20. The minimum atomic E-state index is -0.122. The number of hydrogen-bond acceptors (Lipinski definition) is 5. The average molecular weight is 466 g/mol. The van der Waals surface area contributed by atoms with E-state index in [4.69, 9.17) is 9.72 Å². The van der Waals surface area contributed by atoms with Gasteiger partial charge in [-0.25, -0.2) is 4.98 Å². The van der Waals surface area contributed by atoms with Gasteiger partial charge in [-0.2, -0.15) is 0 Å². The van der Waals surface area contributed by atoms with E-state index >= 15 is 0 Å². The van der Waals surface area contributed by atoms with Gasteiger partial charge < -0.3 is 4.74 Å². The number of rotatable bonds is 6. The molecule has 0 N–H and O–H groups in total. The van der Waals surface area contributed by atoms with Crippen LogP contribution in [0.5, 0.6) is 11.5 Å². The highest BCUT2D eigenvalue weighted by molar-refractivity contribution is 7.22. The van der Waals surface area contributed by atoms with Crippen molar-refractivity contribution in [3.05, 3.63) is 114 Å². The Balaban J connectivity index is 1.47. The van der Waals surface area contributed by atoms with Crippen LogP contribution in [0.25, 0.3) is 10.2 Å². The lowest BCUT2D eigenvalue weighted by Crippen LogP contribution is -2.30. The van der Waals surface area contributed by atoms with Gasteiger partial charge in [-0.05, 0) is 79.1 Å². The first-order chi connectivity index (χ1) is 16.6. The summed E-state index contributed by atoms with van der Waals surface area (Å²) < 4.78 is 6.95. The summed E-state index contributed by atoms with van der Waals surface area (Å²) in [6, 6.07) is 24.9. The minimum absolute atomic E-state index is 0.122. The maximum atomic E-state index is 13.7. The molecular weight excluding hydrogens is 442 g/mol. The van der Waals surface area contributed by atoms with Crippen molar-refractivity contribution in [1.29, 1.82) is 0 Å². The first kappa shape index (κ1) is 21.8. The molecule has 5 nitrogen and oxygen atoms in total. The Hall–Kier alpha value is -4.03. The molecule has 168 valence electrons. The van der Waals surface area contributed by atoms with E-state index in [0.717, 1.165) is 27.1 Å². The monoisotopic (exact) mass is 465 g/mol. The van der Waals surface area contributed by atoms with E-state index in [1.54, 1.807) is 29.4 Å². The number of nitrogens with zero attached hydrogens (tertiary/aromatic N) is 3. The van der Waals surface area contributed by atoms with E-state index in [-0.39, 0.29) is 5.91 Å². The van der Waals surface area contributed by atoms with E-state index < -0.39 is 0 Å². The molecule has 0 saturated heterocycles. The summed E-state index contributed by atoms with van der Waals surface area (Å²) in [6.07, 6.45) is 3.50. The highest BCUT2D eigenvalue weighted by Gasteiger charge is 2.22. The van der Waals surface area contributed by atoms with Crippen LogP contribution in [0.2, 0.25) is 0 Å². The SMILES string of the molecule is Cc1cc(C)c2nc(N(Cc3cccnc3)C(=O)c3ccc(Oc4ccccc4)cc3)sc2c1. The van der Waals surface area contributed by atoms with Crippen molar-refractivity contribution in [3.8, 4) is 11.5 Å². The van der Waals surface area contributed by atoms with Crippen LogP contribution < -0.4 is 9.64 Å². The van der Waals surface area contributed by atoms with Crippen molar-refractivity contribution in [2.45, 2.75) is 20.4 Å². The fraction of sp³-hybridized carbons (Fsp3) is 0.107. The van der Waals surface area contributed by atoms with E-state index in [9.17, 15) is 4.79 Å². The van der Waals surface area contributed by atoms with E-state index in [1.165, 1.54) is 16.9 Å². The highest BCUT2D eigenvalue weighted by atomic mass is 32.1. The summed E-state index contributed by atoms with van der Waals surface area (Å²) in [7, 11) is 0. The second-order valence-electron chi connectivity index (χ2n) is 8.12. The normalized spacial score (nSPS) is 10.9. The molecule has 3 aromatic carbocycles. The fourth-order valence-electron chi connectivity index (χ4n) is 3.82. The maximum Gasteiger partial charge on any atom is 0.260 e. The zero-order valence-corrected chi connectivity index (χ0v) is 19.8. The molecule has 0 radical (unpaired) electrons. The molecule has 0 atom stereocenters. The fourth-order valence-corrected chi connectivity index (χ4v) is 4.96. The van der Waals surface area contributed by atoms with Crippen LogP contribution in [0.1, 0.15) is 27.0 Å². The predicted octanol–water partition coefficient (Wildman–Crippen LogP) is 6.95. The van der Waals surface area contributed by atoms with Crippen molar-refractivity contribution in [3.63, 3.8) is 0 Å². The molecule has 5 rings (SSSR count). The Morgan fingerprint density at radius 3 is 2.44 bits per heavy atom. The van der Waals surface area contributed by atoms with Gasteiger partial charge in [0.05, 0.1) is 16.8 Å². The van der Waals surface area contributed by atoms with Gasteiger partial charge in [0.25, 0.3) is 5.91 Å². The molecule has 5 aromatic rings. The molecule has 0 unspecified atom stereocenters. The number of thiazole rings is 1. The molecule has 0 saturated carbocycles. The summed E-state index contributed by atoms with van der Waals surface area (Å²) >= 11 is 1.53. The van der Waals surface area contributed by atoms with Gasteiger partial charge in [0, 0.05) is 18.0 Å². The Kier molecular flexibility index (Phi) is 6.06. The van der Waals surface area contributed by atoms with Crippen LogP contribution in [-0.4, -0.2) is 15.9 Å². The van der Waals surface area contributed by atoms with E-state index in [1.807, 2.05) is 54.6 Å². The van der Waals surface area contributed by atoms with Crippen LogP contribution in [0.3, 0.4) is 0 Å². The van der Waals surface area contributed by atoms with Crippen molar-refractivity contribution in [1.82, 2.24) is 9.97 Å². The summed E-state index contributed by atoms with van der Waals surface area (Å²) in [6.45, 7) is 4.51. The quantitative estimate of drug-likeness (QED) is 0.272. The number of carbonyl (C=O) groups excluding carboxylic acids is 1. The van der Waals surface area contributed by atoms with Crippen LogP contribution >= 0.6 is 11.3 Å². The van der Waals surface area contributed by atoms with E-state index in [2.05, 4.69) is 31.0 Å². The van der Waals surface area contributed by atoms with Gasteiger partial charge in [0.1, 0.15) is 11.5 Å². The van der Waals surface area contributed by atoms with E-state index in [0.29, 0.717) is 23.0 Å². The zero-order valence-electron chi connectivity index (χ0n) is 18.9. The summed E-state index contributed by atoms with van der Waals surface area (Å²) in [5.74, 6) is 1.30. The Bertz CT molecular complexity index is 1430. The number of amides is 1. The first-order valence-corrected chi connectivity index (χ1v) is 11.8. The molecule has 0 spiro atoms. The molecule has 0 fully saturated rings. The number of aryl methyl sites for hydroxylation is 2. The van der Waals surface area contributed by atoms with Gasteiger partial charge in [-0.3, -0.25) is 14.7 Å². The third-order valence-electron chi connectivity index (χ3n) is 5.44. The molecule has 34 heavy (non-hydrogen) atoms. The third kappa shape index (κ3) is 4.67. The molecule has 2 aromatic heterocycles. The van der Waals surface area contributed by atoms with Gasteiger partial charge in [-0.15, -0.1) is 0 Å². The number of carbonyl (C=O) groups is 1. The summed E-state index contributed by atoms with van der Waals surface area (Å²) in [5, 5.41) is 0.669. The number of para-hydroxylation sites is 1. The highest BCUT2D eigenvalue weighted by Crippen LogP contribution is 2.33. The Labute approximate surface area is 202 Å². The second-order valence-corrected chi connectivity index (χ2v) is 9.13. The molecule has 2 heterocycles. The standard InChI is InChI=1S/C28H23N3O2S/c1-19-15-20(2)26-25(16-19)34-28(30-26)31(18-21-7-6-14-29-17-21)27(32)22-10-12-24(13-11-22)33-23-8-4-3-5-9-23/h3-17H,18H2,1-2H3. The maximum absolute atomic E-state index is 13.7. The summed E-state index contributed by atoms with van der Waals surface area (Å²) in [5.41, 5.74) is 4.72. The van der Waals surface area contributed by atoms with Gasteiger partial charge in [0.2, 0.25) is 0 Å². The number of hydrogen-bond donors (Lipinski definition) is 0. The number of benzene rings is 3. The number of fused-ring (bicyclic) bond motifs is 1. The number of ether oxygens (including phenoxy) is 1. The van der Waals surface area contributed by atoms with Crippen LogP contribution in [-0.2, 0) is 6.54 Å². The van der Waals surface area contributed by atoms with Crippen molar-refractivity contribution in [2.24, 2.45) is 0 Å². The third-order valence-corrected chi connectivity index (χ3v) is 6.46. The number of aromatic nitrogens is 2. The molecule has 0 aliphatic heterocycles. The second kappa shape index (κ2) is 9.45. The number of anilines is 1. The Morgan fingerprint density at radius 2 is 1.71 bits per heavy atom. The van der Waals surface area contributed by atoms with Crippen molar-refractivity contribution in [2.75, 3.05) is 4.90 Å². The average Bonchev–Trinajstić information content (AvgIpc) is 3.28. The molecule has 0 aliphatic rings. The summed E-state index contributed by atoms with van der Waals surface area (Å²) in [4.78, 5) is 24.5. The topological polar surface area (TPSA) is 55.3 Å². The molecule has 0 bridgehead atoms. The zero-order chi connectivity index (χ0) is 23.5. The lowest BCUT2D eigenvalue weighted by molar-refractivity contribution is 0.0985. The molecule has 0 aliphatic carbocycles. The van der Waals surface area contributed by atoms with Crippen LogP contribution in [0.4, 0.5) is 5.13 Å². The first-order valence-electron chi connectivity index (χ1n) is 11.0. The van der Waals surface area contributed by atoms with Crippen LogP contribution in [0, 0.1) is 13.8 Å². The molecule has 6 heteroatoms. The number of pyridine rings is 1. The largest absolute Gasteiger partial charge is 0.457 e. The minimum Gasteiger partial charge on any atom is -0.457 e. The smallest absolute Gasteiger partial charge is 0.260 e. The predicted molar refractivity (Wildman–Crippen MR) is 137 cm³/mol.